The minimum atomic E-state index is 0.0132. The van der Waals surface area contributed by atoms with E-state index in [2.05, 4.69) is 42.6 Å². The molecule has 4 nitrogen and oxygen atoms in total. The van der Waals surface area contributed by atoms with Gasteiger partial charge in [-0.05, 0) is 39.3 Å². The summed E-state index contributed by atoms with van der Waals surface area (Å²) in [5.74, 6) is 0.191. The Labute approximate surface area is 137 Å². The number of amides is 1. The van der Waals surface area contributed by atoms with E-state index in [-0.39, 0.29) is 11.3 Å². The molecule has 0 spiro atoms. The summed E-state index contributed by atoms with van der Waals surface area (Å²) in [5, 5.41) is 1.05. The first-order valence-electron chi connectivity index (χ1n) is 8.35. The summed E-state index contributed by atoms with van der Waals surface area (Å²) >= 11 is 1.56. The minimum absolute atomic E-state index is 0.0132. The second-order valence-corrected chi connectivity index (χ2v) is 8.71. The largest absolute Gasteiger partial charge is 0.333 e. The van der Waals surface area contributed by atoms with Gasteiger partial charge in [0.1, 0.15) is 4.88 Å². The number of nitrogens with zero attached hydrogens (tertiary/aromatic N) is 3. The lowest BCUT2D eigenvalue weighted by Gasteiger charge is -2.33. The third-order valence-electron chi connectivity index (χ3n) is 4.94. The highest BCUT2D eigenvalue weighted by molar-refractivity contribution is 7.13. The molecular weight excluding hydrogens is 294 g/mol. The third kappa shape index (κ3) is 2.93. The molecular formula is C17H27N3OS. The number of carbonyl (C=O) groups is 1. The predicted octanol–water partition coefficient (Wildman–Crippen LogP) is 3.14. The second-order valence-electron chi connectivity index (χ2n) is 7.68. The fraction of sp³-hybridized carbons (Fsp3) is 0.765. The maximum Gasteiger partial charge on any atom is 0.265 e. The van der Waals surface area contributed by atoms with Gasteiger partial charge >= 0.3 is 0 Å². The SMILES string of the molecule is CN1CCC[C@H]1[C@H]1CCCN1C(=O)c1cnc(C(C)(C)C)s1. The number of thiazole rings is 1. The lowest BCUT2D eigenvalue weighted by Crippen LogP contribution is -2.46. The van der Waals surface area contributed by atoms with E-state index in [1.807, 2.05) is 0 Å². The van der Waals surface area contributed by atoms with Crippen molar-refractivity contribution >= 4 is 17.2 Å². The van der Waals surface area contributed by atoms with Gasteiger partial charge in [0, 0.05) is 24.0 Å². The maximum absolute atomic E-state index is 12.9. The van der Waals surface area contributed by atoms with Gasteiger partial charge in [-0.15, -0.1) is 11.3 Å². The monoisotopic (exact) mass is 321 g/mol. The van der Waals surface area contributed by atoms with Crippen molar-refractivity contribution in [2.45, 2.75) is 64.0 Å². The molecule has 2 fully saturated rings. The van der Waals surface area contributed by atoms with Crippen LogP contribution in [0.15, 0.2) is 6.20 Å². The van der Waals surface area contributed by atoms with Crippen LogP contribution in [0, 0.1) is 0 Å². The quantitative estimate of drug-likeness (QED) is 0.839. The molecule has 22 heavy (non-hydrogen) atoms. The van der Waals surface area contributed by atoms with Crippen LogP contribution < -0.4 is 0 Å². The third-order valence-corrected chi connectivity index (χ3v) is 6.35. The molecule has 2 aliphatic rings. The van der Waals surface area contributed by atoms with Crippen molar-refractivity contribution in [1.29, 1.82) is 0 Å². The molecule has 3 heterocycles. The zero-order chi connectivity index (χ0) is 15.9. The van der Waals surface area contributed by atoms with E-state index in [4.69, 9.17) is 0 Å². The van der Waals surface area contributed by atoms with Crippen LogP contribution in [0.4, 0.5) is 0 Å². The zero-order valence-electron chi connectivity index (χ0n) is 14.1. The number of hydrogen-bond donors (Lipinski definition) is 0. The molecule has 5 heteroatoms. The molecule has 2 atom stereocenters. The Morgan fingerprint density at radius 3 is 2.50 bits per heavy atom. The van der Waals surface area contributed by atoms with E-state index < -0.39 is 0 Å². The molecule has 0 unspecified atom stereocenters. The van der Waals surface area contributed by atoms with Crippen LogP contribution in [-0.2, 0) is 5.41 Å². The summed E-state index contributed by atoms with van der Waals surface area (Å²) in [7, 11) is 2.20. The Morgan fingerprint density at radius 2 is 1.91 bits per heavy atom. The Morgan fingerprint density at radius 1 is 1.23 bits per heavy atom. The molecule has 0 saturated carbocycles. The highest BCUT2D eigenvalue weighted by atomic mass is 32.1. The lowest BCUT2D eigenvalue weighted by molar-refractivity contribution is 0.0669. The van der Waals surface area contributed by atoms with Crippen molar-refractivity contribution in [3.05, 3.63) is 16.1 Å². The number of hydrogen-bond acceptors (Lipinski definition) is 4. The van der Waals surface area contributed by atoms with Crippen molar-refractivity contribution in [2.24, 2.45) is 0 Å². The number of likely N-dealkylation sites (tertiary alicyclic amines) is 2. The fourth-order valence-electron chi connectivity index (χ4n) is 3.73. The number of rotatable bonds is 2. The number of aromatic nitrogens is 1. The Balaban J connectivity index is 1.77. The minimum Gasteiger partial charge on any atom is -0.333 e. The van der Waals surface area contributed by atoms with Crippen molar-refractivity contribution in [3.63, 3.8) is 0 Å². The molecule has 0 radical (unpaired) electrons. The fourth-order valence-corrected chi connectivity index (χ4v) is 4.66. The van der Waals surface area contributed by atoms with Crippen molar-refractivity contribution in [3.8, 4) is 0 Å². The standard InChI is InChI=1S/C17H27N3OS/c1-17(2,3)16-18-11-14(22-16)15(21)20-10-6-8-13(20)12-7-5-9-19(12)4/h11-13H,5-10H2,1-4H3/t12-,13+/m0/s1. The second kappa shape index (κ2) is 5.93. The van der Waals surface area contributed by atoms with Crippen molar-refractivity contribution < 1.29 is 4.79 Å². The van der Waals surface area contributed by atoms with E-state index in [0.29, 0.717) is 12.1 Å². The molecule has 2 aliphatic heterocycles. The van der Waals surface area contributed by atoms with E-state index in [1.54, 1.807) is 17.5 Å². The molecule has 1 aromatic heterocycles. The molecule has 0 N–H and O–H groups in total. The van der Waals surface area contributed by atoms with Crippen LogP contribution in [0.2, 0.25) is 0 Å². The first-order valence-corrected chi connectivity index (χ1v) is 9.17. The lowest BCUT2D eigenvalue weighted by atomic mass is 9.98. The summed E-state index contributed by atoms with van der Waals surface area (Å²) in [6, 6.07) is 0.932. The molecule has 3 rings (SSSR count). The van der Waals surface area contributed by atoms with Crippen LogP contribution in [-0.4, -0.2) is 52.9 Å². The van der Waals surface area contributed by atoms with E-state index in [1.165, 1.54) is 12.8 Å². The number of likely N-dealkylation sites (N-methyl/N-ethyl adjacent to an activating group) is 1. The van der Waals surface area contributed by atoms with Gasteiger partial charge in [0.2, 0.25) is 0 Å². The first-order chi connectivity index (χ1) is 10.4. The topological polar surface area (TPSA) is 36.4 Å². The summed E-state index contributed by atoms with van der Waals surface area (Å²) in [6.07, 6.45) is 6.54. The molecule has 0 aliphatic carbocycles. The molecule has 122 valence electrons. The first kappa shape index (κ1) is 15.9. The van der Waals surface area contributed by atoms with Crippen LogP contribution in [0.25, 0.3) is 0 Å². The summed E-state index contributed by atoms with van der Waals surface area (Å²) in [5.41, 5.74) is 0.0132. The van der Waals surface area contributed by atoms with E-state index in [0.717, 1.165) is 35.8 Å². The Hall–Kier alpha value is -0.940. The van der Waals surface area contributed by atoms with Gasteiger partial charge in [-0.3, -0.25) is 4.79 Å². The normalized spacial score (nSPS) is 26.8. The van der Waals surface area contributed by atoms with Crippen molar-refractivity contribution in [2.75, 3.05) is 20.1 Å². The maximum atomic E-state index is 12.9. The zero-order valence-corrected chi connectivity index (χ0v) is 14.9. The number of carbonyl (C=O) groups excluding carboxylic acids is 1. The van der Waals surface area contributed by atoms with Gasteiger partial charge in [-0.1, -0.05) is 20.8 Å². The van der Waals surface area contributed by atoms with Crippen LogP contribution in [0.5, 0.6) is 0 Å². The molecule has 2 saturated heterocycles. The Bertz CT molecular complexity index is 548. The van der Waals surface area contributed by atoms with Gasteiger partial charge in [0.15, 0.2) is 0 Å². The molecule has 0 aromatic carbocycles. The summed E-state index contributed by atoms with van der Waals surface area (Å²) in [6.45, 7) is 8.50. The Kier molecular flexibility index (Phi) is 4.29. The predicted molar refractivity (Wildman–Crippen MR) is 90.5 cm³/mol. The summed E-state index contributed by atoms with van der Waals surface area (Å²) in [4.78, 5) is 22.8. The average Bonchev–Trinajstić information content (AvgIpc) is 3.16. The molecule has 1 amide bonds. The van der Waals surface area contributed by atoms with Crippen LogP contribution in [0.3, 0.4) is 0 Å². The highest BCUT2D eigenvalue weighted by Gasteiger charge is 2.39. The van der Waals surface area contributed by atoms with Gasteiger partial charge in [-0.2, -0.15) is 0 Å². The van der Waals surface area contributed by atoms with Crippen LogP contribution >= 0.6 is 11.3 Å². The van der Waals surface area contributed by atoms with Gasteiger partial charge in [0.05, 0.1) is 11.2 Å². The van der Waals surface area contributed by atoms with Gasteiger partial charge in [0.25, 0.3) is 5.91 Å². The molecule has 0 bridgehead atoms. The van der Waals surface area contributed by atoms with E-state index >= 15 is 0 Å². The molecule has 1 aromatic rings. The average molecular weight is 321 g/mol. The highest BCUT2D eigenvalue weighted by Crippen LogP contribution is 2.32. The van der Waals surface area contributed by atoms with Gasteiger partial charge in [-0.25, -0.2) is 4.98 Å². The van der Waals surface area contributed by atoms with E-state index in [9.17, 15) is 4.79 Å². The van der Waals surface area contributed by atoms with Gasteiger partial charge < -0.3 is 9.80 Å². The van der Waals surface area contributed by atoms with Crippen LogP contribution in [0.1, 0.15) is 61.1 Å². The summed E-state index contributed by atoms with van der Waals surface area (Å²) < 4.78 is 0. The smallest absolute Gasteiger partial charge is 0.265 e. The van der Waals surface area contributed by atoms with Crippen molar-refractivity contribution in [1.82, 2.24) is 14.8 Å².